The van der Waals surface area contributed by atoms with Gasteiger partial charge in [-0.15, -0.1) is 11.1 Å². The van der Waals surface area contributed by atoms with E-state index >= 15 is 0 Å². The van der Waals surface area contributed by atoms with Crippen LogP contribution in [0.3, 0.4) is 0 Å². The summed E-state index contributed by atoms with van der Waals surface area (Å²) in [7, 11) is -1.59. The van der Waals surface area contributed by atoms with Gasteiger partial charge in [-0.1, -0.05) is 113 Å². The fourth-order valence-corrected chi connectivity index (χ4v) is 13.4. The van der Waals surface area contributed by atoms with Gasteiger partial charge < -0.3 is 21.3 Å². The van der Waals surface area contributed by atoms with E-state index in [1.165, 1.54) is 66.0 Å². The molecule has 53 heavy (non-hydrogen) atoms. The number of fused-ring (bicyclic) bond motifs is 2. The zero-order valence-corrected chi connectivity index (χ0v) is 37.9. The van der Waals surface area contributed by atoms with Crippen molar-refractivity contribution in [3.63, 3.8) is 0 Å². The first-order valence-corrected chi connectivity index (χ1v) is 23.4. The monoisotopic (exact) mass is 914 g/mol. The Labute approximate surface area is 337 Å². The molecule has 6 unspecified atom stereocenters. The van der Waals surface area contributed by atoms with Crippen LogP contribution in [-0.4, -0.2) is 77.0 Å². The predicted molar refractivity (Wildman–Crippen MR) is 218 cm³/mol. The quantitative estimate of drug-likeness (QED) is 0.118. The molecule has 2 aromatic carbocycles. The molecule has 0 saturated carbocycles. The van der Waals surface area contributed by atoms with Gasteiger partial charge in [0.2, 0.25) is 25.6 Å². The minimum atomic E-state index is -0.795. The predicted octanol–water partition coefficient (Wildman–Crippen LogP) is 4.91. The van der Waals surface area contributed by atoms with Crippen molar-refractivity contribution in [2.24, 2.45) is 0 Å². The standard InChI is InChI=1S/2C21H27N2O2Si.Hf/c2*1-13-9-16-10-17(22-11-24)20(23-12-25)21(26(3)4)14(2)19(16)18(13)15-7-5-6-8-15;/h2*5-7,9,11-12,14,17,20H,8,10H2,1-4H3,(H,22,24)(H,23,25);/q2*-1;. The summed E-state index contributed by atoms with van der Waals surface area (Å²) < 4.78 is 0. The van der Waals surface area contributed by atoms with Crippen LogP contribution in [0.1, 0.15) is 83.0 Å². The van der Waals surface area contributed by atoms with Crippen LogP contribution in [0.4, 0.5) is 0 Å². The van der Waals surface area contributed by atoms with Crippen LogP contribution in [0.5, 0.6) is 0 Å². The van der Waals surface area contributed by atoms with Gasteiger partial charge in [-0.05, 0) is 25.7 Å². The van der Waals surface area contributed by atoms with E-state index in [0.717, 1.165) is 51.3 Å². The minimum absolute atomic E-state index is 0. The van der Waals surface area contributed by atoms with Gasteiger partial charge in [0.1, 0.15) is 0 Å². The average Bonchev–Trinajstić information content (AvgIpc) is 3.89. The average molecular weight is 914 g/mol. The molecule has 0 saturated heterocycles. The third-order valence-electron chi connectivity index (χ3n) is 11.4. The van der Waals surface area contributed by atoms with Crippen LogP contribution in [0, 0.1) is 13.8 Å². The SMILES string of the molecule is Cc1[cH-]c2c(c1C1=CC=CC1)C(C)C(=[Si](C)C)C(NC=O)C(NC=O)C2.Cc1[cH-]c2c(c1C1=CC=CC1)C(C)C(=[Si](C)C)C(NC=O)C(NC=O)C2.[Hf]. The van der Waals surface area contributed by atoms with Crippen LogP contribution < -0.4 is 21.3 Å². The molecule has 6 atom stereocenters. The Kier molecular flexibility index (Phi) is 15.0. The summed E-state index contributed by atoms with van der Waals surface area (Å²) in [5.74, 6) is 0.519. The Hall–Kier alpha value is -3.42. The van der Waals surface area contributed by atoms with E-state index in [4.69, 9.17) is 0 Å². The molecule has 4 aliphatic rings. The molecule has 0 aromatic heterocycles. The maximum atomic E-state index is 11.3. The Balaban J connectivity index is 0.000000232. The van der Waals surface area contributed by atoms with E-state index in [0.29, 0.717) is 0 Å². The number of aryl methyl sites for hydroxylation is 2. The van der Waals surface area contributed by atoms with Crippen LogP contribution in [-0.2, 0) is 57.9 Å². The number of amides is 4. The summed E-state index contributed by atoms with van der Waals surface area (Å²) >= 11 is 0. The number of carbonyl (C=O) groups is 4. The van der Waals surface area contributed by atoms with Gasteiger partial charge >= 0.3 is 0 Å². The van der Waals surface area contributed by atoms with Crippen molar-refractivity contribution in [1.29, 1.82) is 0 Å². The Bertz CT molecular complexity index is 1770. The first-order chi connectivity index (χ1) is 25.0. The smallest absolute Gasteiger partial charge is 0.207 e. The third kappa shape index (κ3) is 8.62. The van der Waals surface area contributed by atoms with Gasteiger partial charge in [0.25, 0.3) is 0 Å². The number of hydrogen-bond acceptors (Lipinski definition) is 4. The van der Waals surface area contributed by atoms with E-state index in [2.05, 4.69) is 124 Å². The summed E-state index contributed by atoms with van der Waals surface area (Å²) in [5, 5.41) is 14.7. The van der Waals surface area contributed by atoms with Crippen LogP contribution >= 0.6 is 0 Å². The molecule has 0 radical (unpaired) electrons. The summed E-state index contributed by atoms with van der Waals surface area (Å²) in [6.45, 7) is 18.0. The van der Waals surface area contributed by atoms with Gasteiger partial charge in [-0.25, -0.2) is 0 Å². The topological polar surface area (TPSA) is 116 Å². The zero-order chi connectivity index (χ0) is 37.7. The van der Waals surface area contributed by atoms with Gasteiger partial charge in [-0.3, -0.25) is 19.2 Å². The molecule has 4 N–H and O–H groups in total. The van der Waals surface area contributed by atoms with Crippen molar-refractivity contribution < 1.29 is 45.0 Å². The number of nitrogens with one attached hydrogen (secondary N) is 4. The molecule has 280 valence electrons. The largest absolute Gasteiger partial charge is 0.353 e. The van der Waals surface area contributed by atoms with E-state index in [1.54, 1.807) is 0 Å². The van der Waals surface area contributed by atoms with Crippen LogP contribution in [0.15, 0.2) is 48.6 Å². The summed E-state index contributed by atoms with van der Waals surface area (Å²) in [4.78, 5) is 45.1. The fourth-order valence-electron chi connectivity index (χ4n) is 9.54. The zero-order valence-electron chi connectivity index (χ0n) is 32.4. The summed E-state index contributed by atoms with van der Waals surface area (Å²) in [6, 6.07) is 4.10. The second-order valence-corrected chi connectivity index (χ2v) is 20.2. The fraction of sp³-hybridized carbons (Fsp3) is 0.429. The molecule has 11 heteroatoms. The molecule has 0 spiro atoms. The van der Waals surface area contributed by atoms with Crippen LogP contribution in [0.2, 0.25) is 26.2 Å². The third-order valence-corrected chi connectivity index (χ3v) is 15.2. The molecule has 4 amide bonds. The summed E-state index contributed by atoms with van der Waals surface area (Å²) in [5.41, 5.74) is 13.5. The first kappa shape index (κ1) is 42.3. The molecule has 0 heterocycles. The van der Waals surface area contributed by atoms with E-state index in [1.807, 2.05) is 0 Å². The summed E-state index contributed by atoms with van der Waals surface area (Å²) in [6.07, 6.45) is 19.6. The Morgan fingerprint density at radius 1 is 0.623 bits per heavy atom. The first-order valence-electron chi connectivity index (χ1n) is 18.4. The number of carbonyl (C=O) groups excluding carboxylic acids is 4. The molecule has 0 aliphatic heterocycles. The molecule has 2 aromatic rings. The second kappa shape index (κ2) is 18.8. The van der Waals surface area contributed by atoms with Gasteiger partial charge in [0.05, 0.1) is 24.2 Å². The second-order valence-electron chi connectivity index (χ2n) is 15.0. The van der Waals surface area contributed by atoms with Crippen LogP contribution in [0.25, 0.3) is 11.1 Å². The minimum Gasteiger partial charge on any atom is -0.353 e. The number of hydrogen-bond donors (Lipinski definition) is 4. The van der Waals surface area contributed by atoms with Gasteiger partial charge in [0.15, 0.2) is 0 Å². The van der Waals surface area contributed by atoms with Crippen molar-refractivity contribution in [3.05, 3.63) is 93.1 Å². The molecular weight excluding hydrogens is 859 g/mol. The van der Waals surface area contributed by atoms with Crippen molar-refractivity contribution >= 4 is 63.9 Å². The normalized spacial score (nSPS) is 24.1. The number of rotatable bonds is 10. The Morgan fingerprint density at radius 3 is 1.26 bits per heavy atom. The molecule has 0 bridgehead atoms. The van der Waals surface area contributed by atoms with E-state index in [-0.39, 0.29) is 61.8 Å². The molecule has 0 fully saturated rings. The van der Waals surface area contributed by atoms with Gasteiger partial charge in [-0.2, -0.15) is 56.6 Å². The van der Waals surface area contributed by atoms with E-state index < -0.39 is 16.8 Å². The molecule has 6 rings (SSSR count). The van der Waals surface area contributed by atoms with Crippen molar-refractivity contribution in [3.8, 4) is 0 Å². The number of allylic oxidation sites excluding steroid dienone is 8. The maximum absolute atomic E-state index is 11.3. The van der Waals surface area contributed by atoms with E-state index in [9.17, 15) is 19.2 Å². The Morgan fingerprint density at radius 2 is 0.981 bits per heavy atom. The van der Waals surface area contributed by atoms with Crippen molar-refractivity contribution in [2.45, 2.75) is 116 Å². The van der Waals surface area contributed by atoms with Gasteiger partial charge in [0, 0.05) is 42.7 Å². The van der Waals surface area contributed by atoms with Crippen molar-refractivity contribution in [2.75, 3.05) is 0 Å². The van der Waals surface area contributed by atoms with Crippen molar-refractivity contribution in [1.82, 2.24) is 21.3 Å². The molecular formula is C42H54HfN4O4Si2-2. The molecule has 8 nitrogen and oxygen atoms in total. The maximum Gasteiger partial charge on any atom is 0.207 e. The molecule has 4 aliphatic carbocycles.